The van der Waals surface area contributed by atoms with Crippen molar-refractivity contribution in [1.29, 1.82) is 0 Å². The zero-order chi connectivity index (χ0) is 26.3. The lowest BCUT2D eigenvalue weighted by molar-refractivity contribution is 0.00578. The van der Waals surface area contributed by atoms with Gasteiger partial charge in [-0.15, -0.1) is 0 Å². The monoisotopic (exact) mass is 481 g/mol. The van der Waals surface area contributed by atoms with E-state index in [9.17, 15) is 0 Å². The molecule has 3 nitrogen and oxygen atoms in total. The minimum Gasteiger partial charge on any atom is -0.399 e. The molecule has 0 bridgehead atoms. The topological polar surface area (TPSA) is 23.4 Å². The number of hydrogen-bond donors (Lipinski definition) is 0. The Morgan fingerprint density at radius 1 is 0.611 bits per heavy atom. The molecule has 0 spiro atoms. The van der Waals surface area contributed by atoms with Gasteiger partial charge in [-0.2, -0.15) is 0 Å². The molecule has 0 atom stereocenters. The molecule has 0 N–H and O–H groups in total. The van der Waals surface area contributed by atoms with Crippen LogP contribution >= 0.6 is 0 Å². The van der Waals surface area contributed by atoms with Crippen LogP contribution < -0.4 is 5.46 Å². The highest BCUT2D eigenvalue weighted by atomic mass is 16.7. The summed E-state index contributed by atoms with van der Waals surface area (Å²) in [4.78, 5) is 0. The summed E-state index contributed by atoms with van der Waals surface area (Å²) in [6.07, 6.45) is 0. The SMILES string of the molecule is CC(C)(C)c1ccc2c(c1)c1cc(C(C)(C)C)ccc1n2-c1ccc(B2OC(C)(C)C(C)(C)O2)cc1. The van der Waals surface area contributed by atoms with Crippen LogP contribution in [0, 0.1) is 0 Å². The first-order valence-electron chi connectivity index (χ1n) is 13.1. The molecule has 3 aromatic carbocycles. The maximum atomic E-state index is 6.28. The standard InChI is InChI=1S/C32H40BNO2/c1-29(2,3)21-11-17-27-25(19-21)26-20-22(30(4,5)6)12-18-28(26)34(27)24-15-13-23(14-16-24)33-35-31(7,8)32(9,10)36-33/h11-20H,1-10H3. The van der Waals surface area contributed by atoms with E-state index in [1.54, 1.807) is 0 Å². The Balaban J connectivity index is 1.66. The third-order valence-corrected chi connectivity index (χ3v) is 8.17. The highest BCUT2D eigenvalue weighted by Gasteiger charge is 2.51. The Kier molecular flexibility index (Phi) is 5.56. The Morgan fingerprint density at radius 3 is 1.42 bits per heavy atom. The van der Waals surface area contributed by atoms with Crippen LogP contribution in [0.4, 0.5) is 0 Å². The number of fused-ring (bicyclic) bond motifs is 3. The summed E-state index contributed by atoms with van der Waals surface area (Å²) in [5.41, 5.74) is 6.84. The van der Waals surface area contributed by atoms with E-state index in [4.69, 9.17) is 9.31 Å². The van der Waals surface area contributed by atoms with Crippen molar-refractivity contribution in [1.82, 2.24) is 4.57 Å². The molecule has 5 rings (SSSR count). The lowest BCUT2D eigenvalue weighted by Gasteiger charge is -2.32. The summed E-state index contributed by atoms with van der Waals surface area (Å²) in [7, 11) is -0.356. The number of aromatic nitrogens is 1. The zero-order valence-corrected chi connectivity index (χ0v) is 23.6. The van der Waals surface area contributed by atoms with E-state index in [0.717, 1.165) is 11.2 Å². The van der Waals surface area contributed by atoms with Gasteiger partial charge in [-0.05, 0) is 91.5 Å². The fourth-order valence-corrected chi connectivity index (χ4v) is 4.99. The molecule has 0 unspecified atom stereocenters. The highest BCUT2D eigenvalue weighted by Crippen LogP contribution is 2.38. The van der Waals surface area contributed by atoms with Gasteiger partial charge in [-0.1, -0.05) is 65.8 Å². The quantitative estimate of drug-likeness (QED) is 0.274. The van der Waals surface area contributed by atoms with Crippen molar-refractivity contribution in [3.05, 3.63) is 71.8 Å². The zero-order valence-electron chi connectivity index (χ0n) is 23.6. The fourth-order valence-electron chi connectivity index (χ4n) is 4.99. The number of benzene rings is 3. The summed E-state index contributed by atoms with van der Waals surface area (Å²) in [6.45, 7) is 22.1. The smallest absolute Gasteiger partial charge is 0.399 e. The maximum absolute atomic E-state index is 6.28. The van der Waals surface area contributed by atoms with Gasteiger partial charge in [0, 0.05) is 16.5 Å². The van der Waals surface area contributed by atoms with Crippen molar-refractivity contribution in [2.45, 2.75) is 91.3 Å². The lowest BCUT2D eigenvalue weighted by Crippen LogP contribution is -2.41. The van der Waals surface area contributed by atoms with Crippen LogP contribution in [0.15, 0.2) is 60.7 Å². The average Bonchev–Trinajstić information content (AvgIpc) is 3.21. The first kappa shape index (κ1) is 25.1. The molecule has 4 aromatic rings. The summed E-state index contributed by atoms with van der Waals surface area (Å²) in [6, 6.07) is 22.6. The van der Waals surface area contributed by atoms with Crippen LogP contribution in [0.2, 0.25) is 0 Å². The molecule has 0 saturated carbocycles. The molecule has 36 heavy (non-hydrogen) atoms. The molecule has 188 valence electrons. The van der Waals surface area contributed by atoms with Crippen molar-refractivity contribution in [2.24, 2.45) is 0 Å². The third-order valence-electron chi connectivity index (χ3n) is 8.17. The van der Waals surface area contributed by atoms with Gasteiger partial charge < -0.3 is 13.9 Å². The minimum absolute atomic E-state index is 0.0920. The molecule has 4 heteroatoms. The predicted molar refractivity (Wildman–Crippen MR) is 154 cm³/mol. The number of nitrogens with zero attached hydrogens (tertiary/aromatic N) is 1. The molecule has 1 aliphatic rings. The molecule has 2 heterocycles. The largest absolute Gasteiger partial charge is 0.494 e. The van der Waals surface area contributed by atoms with Gasteiger partial charge in [-0.25, -0.2) is 0 Å². The molecular formula is C32H40BNO2. The van der Waals surface area contributed by atoms with E-state index < -0.39 is 0 Å². The summed E-state index contributed by atoms with van der Waals surface area (Å²) < 4.78 is 15.0. The van der Waals surface area contributed by atoms with Crippen molar-refractivity contribution >= 4 is 34.4 Å². The predicted octanol–water partition coefficient (Wildman–Crippen LogP) is 7.68. The van der Waals surface area contributed by atoms with Crippen LogP contribution in [-0.2, 0) is 20.1 Å². The van der Waals surface area contributed by atoms with E-state index in [2.05, 4.69) is 134 Å². The molecular weight excluding hydrogens is 441 g/mol. The first-order chi connectivity index (χ1) is 16.6. The van der Waals surface area contributed by atoms with Gasteiger partial charge in [0.25, 0.3) is 0 Å². The second-order valence-electron chi connectivity index (χ2n) is 13.5. The lowest BCUT2D eigenvalue weighted by atomic mass is 9.79. The van der Waals surface area contributed by atoms with Gasteiger partial charge in [0.1, 0.15) is 0 Å². The van der Waals surface area contributed by atoms with Crippen molar-refractivity contribution in [3.8, 4) is 5.69 Å². The van der Waals surface area contributed by atoms with E-state index in [0.29, 0.717) is 0 Å². The van der Waals surface area contributed by atoms with Crippen molar-refractivity contribution < 1.29 is 9.31 Å². The van der Waals surface area contributed by atoms with Gasteiger partial charge in [0.05, 0.1) is 22.2 Å². The molecule has 1 aromatic heterocycles. The molecule has 1 aliphatic heterocycles. The second kappa shape index (κ2) is 7.97. The van der Waals surface area contributed by atoms with Gasteiger partial charge >= 0.3 is 7.12 Å². The maximum Gasteiger partial charge on any atom is 0.494 e. The summed E-state index contributed by atoms with van der Waals surface area (Å²) >= 11 is 0. The molecule has 1 fully saturated rings. The second-order valence-corrected chi connectivity index (χ2v) is 13.5. The molecule has 1 saturated heterocycles. The molecule has 0 radical (unpaired) electrons. The normalized spacial score (nSPS) is 17.9. The third kappa shape index (κ3) is 4.09. The van der Waals surface area contributed by atoms with Crippen LogP contribution in [-0.4, -0.2) is 22.9 Å². The van der Waals surface area contributed by atoms with Crippen molar-refractivity contribution in [2.75, 3.05) is 0 Å². The highest BCUT2D eigenvalue weighted by molar-refractivity contribution is 6.62. The minimum atomic E-state index is -0.356. The first-order valence-corrected chi connectivity index (χ1v) is 13.1. The van der Waals surface area contributed by atoms with Crippen LogP contribution in [0.25, 0.3) is 27.5 Å². The Labute approximate surface area is 216 Å². The van der Waals surface area contributed by atoms with Gasteiger partial charge in [0.2, 0.25) is 0 Å². The Bertz CT molecular complexity index is 1360. The molecule has 0 amide bonds. The summed E-state index contributed by atoms with van der Waals surface area (Å²) in [5, 5.41) is 2.61. The summed E-state index contributed by atoms with van der Waals surface area (Å²) in [5.74, 6) is 0. The van der Waals surface area contributed by atoms with E-state index in [1.807, 2.05) is 0 Å². The van der Waals surface area contributed by atoms with E-state index >= 15 is 0 Å². The van der Waals surface area contributed by atoms with Crippen LogP contribution in [0.3, 0.4) is 0 Å². The van der Waals surface area contributed by atoms with Crippen LogP contribution in [0.5, 0.6) is 0 Å². The Morgan fingerprint density at radius 2 is 1.03 bits per heavy atom. The number of rotatable bonds is 2. The Hall–Kier alpha value is -2.56. The fraction of sp³-hybridized carbons (Fsp3) is 0.438. The van der Waals surface area contributed by atoms with E-state index in [1.165, 1.54) is 32.9 Å². The number of hydrogen-bond acceptors (Lipinski definition) is 2. The van der Waals surface area contributed by atoms with Gasteiger partial charge in [-0.3, -0.25) is 0 Å². The van der Waals surface area contributed by atoms with Crippen molar-refractivity contribution in [3.63, 3.8) is 0 Å². The van der Waals surface area contributed by atoms with Crippen LogP contribution in [0.1, 0.15) is 80.4 Å². The van der Waals surface area contributed by atoms with Gasteiger partial charge in [0.15, 0.2) is 0 Å². The van der Waals surface area contributed by atoms with E-state index in [-0.39, 0.29) is 29.2 Å². The molecule has 0 aliphatic carbocycles. The average molecular weight is 481 g/mol.